The Hall–Kier alpha value is -2.91. The van der Waals surface area contributed by atoms with Gasteiger partial charge in [0.05, 0.1) is 30.0 Å². The van der Waals surface area contributed by atoms with Gasteiger partial charge in [-0.1, -0.05) is 6.07 Å². The first-order valence-corrected chi connectivity index (χ1v) is 10.0. The predicted octanol–water partition coefficient (Wildman–Crippen LogP) is 3.68. The number of aryl methyl sites for hydroxylation is 1. The van der Waals surface area contributed by atoms with Crippen LogP contribution in [0.3, 0.4) is 0 Å². The third kappa shape index (κ3) is 3.83. The molecule has 0 bridgehead atoms. The zero-order valence-corrected chi connectivity index (χ0v) is 16.5. The van der Waals surface area contributed by atoms with Gasteiger partial charge in [-0.3, -0.25) is 4.90 Å². The minimum absolute atomic E-state index is 0.298. The van der Waals surface area contributed by atoms with Crippen LogP contribution in [0.5, 0.6) is 0 Å². The number of benzene rings is 2. The molecule has 0 radical (unpaired) electrons. The number of esters is 1. The SMILES string of the molecule is COC(=O)c1ccc2c(c1)CCCC2N1CCN(c2ccc(C#N)cc2F)CC1. The molecular formula is C23H24FN3O2. The van der Waals surface area contributed by atoms with Crippen molar-refractivity contribution in [2.24, 2.45) is 0 Å². The maximum absolute atomic E-state index is 14.4. The van der Waals surface area contributed by atoms with Crippen molar-refractivity contribution in [1.82, 2.24) is 4.90 Å². The lowest BCUT2D eigenvalue weighted by atomic mass is 9.85. The summed E-state index contributed by atoms with van der Waals surface area (Å²) in [5, 5.41) is 8.92. The predicted molar refractivity (Wildman–Crippen MR) is 108 cm³/mol. The molecule has 1 fully saturated rings. The third-order valence-electron chi connectivity index (χ3n) is 6.02. The maximum atomic E-state index is 14.4. The van der Waals surface area contributed by atoms with Crippen LogP contribution >= 0.6 is 0 Å². The number of fused-ring (bicyclic) bond motifs is 1. The highest BCUT2D eigenvalue weighted by atomic mass is 19.1. The molecule has 1 saturated heterocycles. The van der Waals surface area contributed by atoms with Gasteiger partial charge in [0, 0.05) is 32.2 Å². The molecule has 6 heteroatoms. The fourth-order valence-electron chi connectivity index (χ4n) is 4.52. The number of hydrogen-bond acceptors (Lipinski definition) is 5. The number of nitrogens with zero attached hydrogens (tertiary/aromatic N) is 3. The van der Waals surface area contributed by atoms with Gasteiger partial charge in [0.2, 0.25) is 0 Å². The van der Waals surface area contributed by atoms with E-state index in [1.165, 1.54) is 24.3 Å². The Balaban J connectivity index is 1.47. The smallest absolute Gasteiger partial charge is 0.337 e. The summed E-state index contributed by atoms with van der Waals surface area (Å²) in [7, 11) is 1.40. The second-order valence-corrected chi connectivity index (χ2v) is 7.61. The lowest BCUT2D eigenvalue weighted by Gasteiger charge is -2.42. The van der Waals surface area contributed by atoms with Gasteiger partial charge in [-0.2, -0.15) is 5.26 Å². The molecule has 1 atom stereocenters. The Morgan fingerprint density at radius 2 is 1.97 bits per heavy atom. The normalized spacial score (nSPS) is 19.3. The highest BCUT2D eigenvalue weighted by molar-refractivity contribution is 5.89. The molecular weight excluding hydrogens is 369 g/mol. The molecule has 2 aliphatic rings. The average molecular weight is 393 g/mol. The van der Waals surface area contributed by atoms with E-state index in [0.29, 0.717) is 22.9 Å². The Morgan fingerprint density at radius 3 is 2.66 bits per heavy atom. The van der Waals surface area contributed by atoms with Crippen LogP contribution in [0.15, 0.2) is 36.4 Å². The molecule has 4 rings (SSSR count). The highest BCUT2D eigenvalue weighted by Gasteiger charge is 2.29. The number of hydrogen-bond donors (Lipinski definition) is 0. The van der Waals surface area contributed by atoms with Gasteiger partial charge in [0.25, 0.3) is 0 Å². The van der Waals surface area contributed by atoms with Crippen molar-refractivity contribution in [2.75, 3.05) is 38.2 Å². The summed E-state index contributed by atoms with van der Waals surface area (Å²) in [6.45, 7) is 3.19. The van der Waals surface area contributed by atoms with Crippen molar-refractivity contribution in [1.29, 1.82) is 5.26 Å². The van der Waals surface area contributed by atoms with Gasteiger partial charge in [0.1, 0.15) is 5.82 Å². The largest absolute Gasteiger partial charge is 0.465 e. The topological polar surface area (TPSA) is 56.6 Å². The molecule has 1 aliphatic carbocycles. The second kappa shape index (κ2) is 8.22. The van der Waals surface area contributed by atoms with E-state index in [0.717, 1.165) is 45.4 Å². The van der Waals surface area contributed by atoms with Crippen LogP contribution in [0, 0.1) is 17.1 Å². The fourth-order valence-corrected chi connectivity index (χ4v) is 4.52. The monoisotopic (exact) mass is 393 g/mol. The number of halogens is 1. The Labute approximate surface area is 170 Å². The van der Waals surface area contributed by atoms with E-state index in [2.05, 4.69) is 15.9 Å². The fraction of sp³-hybridized carbons (Fsp3) is 0.391. The molecule has 1 unspecified atom stereocenters. The van der Waals surface area contributed by atoms with E-state index in [9.17, 15) is 9.18 Å². The lowest BCUT2D eigenvalue weighted by molar-refractivity contribution is 0.0600. The van der Waals surface area contributed by atoms with Crippen LogP contribution in [-0.2, 0) is 11.2 Å². The number of piperazine rings is 1. The first-order valence-electron chi connectivity index (χ1n) is 10.0. The molecule has 0 spiro atoms. The molecule has 0 saturated carbocycles. The van der Waals surface area contributed by atoms with Crippen molar-refractivity contribution >= 4 is 11.7 Å². The van der Waals surface area contributed by atoms with E-state index in [1.54, 1.807) is 12.1 Å². The molecule has 0 amide bonds. The Kier molecular flexibility index (Phi) is 5.50. The lowest BCUT2D eigenvalue weighted by Crippen LogP contribution is -2.48. The molecule has 150 valence electrons. The second-order valence-electron chi connectivity index (χ2n) is 7.61. The summed E-state index contributed by atoms with van der Waals surface area (Å²) in [5.74, 6) is -0.635. The minimum atomic E-state index is -0.337. The number of nitriles is 1. The van der Waals surface area contributed by atoms with Gasteiger partial charge >= 0.3 is 5.97 Å². The first kappa shape index (κ1) is 19.4. The van der Waals surface area contributed by atoms with Gasteiger partial charge in [-0.25, -0.2) is 9.18 Å². The van der Waals surface area contributed by atoms with Gasteiger partial charge in [0.15, 0.2) is 0 Å². The molecule has 2 aromatic rings. The molecule has 2 aromatic carbocycles. The van der Waals surface area contributed by atoms with Crippen molar-refractivity contribution in [3.8, 4) is 6.07 Å². The first-order chi connectivity index (χ1) is 14.1. The third-order valence-corrected chi connectivity index (χ3v) is 6.02. The van der Waals surface area contributed by atoms with E-state index < -0.39 is 0 Å². The standard InChI is InChI=1S/C23H24FN3O2/c1-29-23(28)18-6-7-19-17(14-18)3-2-4-21(19)26-9-11-27(12-10-26)22-8-5-16(15-25)13-20(22)24/h5-8,13-14,21H,2-4,9-12H2,1H3. The number of rotatable bonds is 3. The number of carbonyl (C=O) groups is 1. The number of methoxy groups -OCH3 is 1. The van der Waals surface area contributed by atoms with E-state index in [4.69, 9.17) is 10.00 Å². The molecule has 0 N–H and O–H groups in total. The number of carbonyl (C=O) groups excluding carboxylic acids is 1. The van der Waals surface area contributed by atoms with Gasteiger partial charge in [-0.05, 0) is 60.7 Å². The van der Waals surface area contributed by atoms with Crippen molar-refractivity contribution in [2.45, 2.75) is 25.3 Å². The maximum Gasteiger partial charge on any atom is 0.337 e. The minimum Gasteiger partial charge on any atom is -0.465 e. The molecule has 0 aromatic heterocycles. The van der Waals surface area contributed by atoms with Crippen LogP contribution in [0.2, 0.25) is 0 Å². The molecule has 29 heavy (non-hydrogen) atoms. The number of anilines is 1. The van der Waals surface area contributed by atoms with Crippen LogP contribution < -0.4 is 4.90 Å². The van der Waals surface area contributed by atoms with E-state index in [-0.39, 0.29) is 11.8 Å². The Bertz CT molecular complexity index is 961. The van der Waals surface area contributed by atoms with E-state index >= 15 is 0 Å². The Morgan fingerprint density at radius 1 is 1.17 bits per heavy atom. The average Bonchev–Trinajstić information content (AvgIpc) is 2.77. The van der Waals surface area contributed by atoms with Gasteiger partial charge < -0.3 is 9.64 Å². The summed E-state index contributed by atoms with van der Waals surface area (Å²) in [4.78, 5) is 16.4. The zero-order valence-electron chi connectivity index (χ0n) is 16.5. The van der Waals surface area contributed by atoms with Crippen molar-refractivity contribution in [3.63, 3.8) is 0 Å². The summed E-state index contributed by atoms with van der Waals surface area (Å²) >= 11 is 0. The summed E-state index contributed by atoms with van der Waals surface area (Å²) < 4.78 is 19.2. The summed E-state index contributed by atoms with van der Waals surface area (Å²) in [6, 6.07) is 12.9. The van der Waals surface area contributed by atoms with Crippen LogP contribution in [0.25, 0.3) is 0 Å². The molecule has 1 heterocycles. The van der Waals surface area contributed by atoms with E-state index in [1.807, 2.05) is 18.2 Å². The van der Waals surface area contributed by atoms with Crippen LogP contribution in [0.1, 0.15) is 45.9 Å². The van der Waals surface area contributed by atoms with Crippen molar-refractivity contribution in [3.05, 3.63) is 64.5 Å². The quantitative estimate of drug-likeness (QED) is 0.745. The van der Waals surface area contributed by atoms with Crippen LogP contribution in [0.4, 0.5) is 10.1 Å². The highest BCUT2D eigenvalue weighted by Crippen LogP contribution is 2.36. The molecule has 1 aliphatic heterocycles. The number of ether oxygens (including phenoxy) is 1. The molecule has 5 nitrogen and oxygen atoms in total. The summed E-state index contributed by atoms with van der Waals surface area (Å²) in [5.41, 5.74) is 4.03. The van der Waals surface area contributed by atoms with Crippen LogP contribution in [-0.4, -0.2) is 44.2 Å². The van der Waals surface area contributed by atoms with Gasteiger partial charge in [-0.15, -0.1) is 0 Å². The summed E-state index contributed by atoms with van der Waals surface area (Å²) in [6.07, 6.45) is 3.16. The zero-order chi connectivity index (χ0) is 20.4. The van der Waals surface area contributed by atoms with Crippen molar-refractivity contribution < 1.29 is 13.9 Å².